The number of benzene rings is 1. The van der Waals surface area contributed by atoms with E-state index in [1.807, 2.05) is 17.0 Å². The molecule has 1 aliphatic rings. The van der Waals surface area contributed by atoms with Crippen LogP contribution in [0, 0.1) is 0 Å². The quantitative estimate of drug-likeness (QED) is 0.765. The Morgan fingerprint density at radius 2 is 1.95 bits per heavy atom. The zero-order chi connectivity index (χ0) is 14.1. The predicted octanol–water partition coefficient (Wildman–Crippen LogP) is 1.23. The molecule has 0 aliphatic carbocycles. The summed E-state index contributed by atoms with van der Waals surface area (Å²) >= 11 is 0. The first-order valence-electron chi connectivity index (χ1n) is 7.11. The summed E-state index contributed by atoms with van der Waals surface area (Å²) in [4.78, 5) is 15.1. The van der Waals surface area contributed by atoms with Gasteiger partial charge in [0.05, 0.1) is 11.0 Å². The van der Waals surface area contributed by atoms with Gasteiger partial charge in [0.1, 0.15) is 18.5 Å². The Hall–Kier alpha value is -2.47. The molecule has 0 bridgehead atoms. The molecule has 0 atom stereocenters. The van der Waals surface area contributed by atoms with Gasteiger partial charge in [0.2, 0.25) is 0 Å². The van der Waals surface area contributed by atoms with Gasteiger partial charge in [0.15, 0.2) is 0 Å². The Bertz CT molecular complexity index is 745. The van der Waals surface area contributed by atoms with Gasteiger partial charge in [-0.05, 0) is 24.3 Å². The van der Waals surface area contributed by atoms with Crippen LogP contribution < -0.4 is 10.2 Å². The molecule has 4 rings (SSSR count). The molecule has 2 aromatic heterocycles. The minimum atomic E-state index is 0.838. The number of aromatic nitrogens is 4. The average molecular weight is 280 g/mol. The van der Waals surface area contributed by atoms with Crippen LogP contribution >= 0.6 is 0 Å². The van der Waals surface area contributed by atoms with E-state index in [1.54, 1.807) is 12.5 Å². The maximum absolute atomic E-state index is 4.45. The van der Waals surface area contributed by atoms with Crippen LogP contribution in [-0.4, -0.2) is 45.7 Å². The molecule has 1 N–H and O–H groups in total. The number of fused-ring (bicyclic) bond motifs is 1. The fourth-order valence-corrected chi connectivity index (χ4v) is 2.72. The van der Waals surface area contributed by atoms with Crippen molar-refractivity contribution in [3.63, 3.8) is 0 Å². The molecule has 1 aliphatic heterocycles. The van der Waals surface area contributed by atoms with Gasteiger partial charge in [-0.1, -0.05) is 0 Å². The lowest BCUT2D eigenvalue weighted by atomic mass is 10.2. The highest BCUT2D eigenvalue weighted by Gasteiger charge is 2.13. The predicted molar refractivity (Wildman–Crippen MR) is 81.7 cm³/mol. The molecule has 0 spiro atoms. The normalized spacial score (nSPS) is 15.5. The summed E-state index contributed by atoms with van der Waals surface area (Å²) in [5.41, 5.74) is 3.29. The lowest BCUT2D eigenvalue weighted by Gasteiger charge is -2.29. The zero-order valence-electron chi connectivity index (χ0n) is 11.6. The van der Waals surface area contributed by atoms with Gasteiger partial charge in [-0.15, -0.1) is 0 Å². The second-order valence-electron chi connectivity index (χ2n) is 5.09. The van der Waals surface area contributed by atoms with Crippen LogP contribution in [0.3, 0.4) is 0 Å². The third-order valence-corrected chi connectivity index (χ3v) is 3.83. The van der Waals surface area contributed by atoms with Crippen molar-refractivity contribution >= 4 is 16.7 Å². The molecule has 3 heterocycles. The Morgan fingerprint density at radius 1 is 1.05 bits per heavy atom. The summed E-state index contributed by atoms with van der Waals surface area (Å²) in [6.07, 6.45) is 5.12. The molecule has 6 heteroatoms. The van der Waals surface area contributed by atoms with Gasteiger partial charge >= 0.3 is 0 Å². The second kappa shape index (κ2) is 5.14. The van der Waals surface area contributed by atoms with E-state index in [-0.39, 0.29) is 0 Å². The highest BCUT2D eigenvalue weighted by atomic mass is 15.2. The van der Waals surface area contributed by atoms with Gasteiger partial charge in [0.25, 0.3) is 0 Å². The first-order chi connectivity index (χ1) is 10.4. The third-order valence-electron chi connectivity index (χ3n) is 3.83. The summed E-state index contributed by atoms with van der Waals surface area (Å²) in [6.45, 7) is 4.13. The van der Waals surface area contributed by atoms with Crippen molar-refractivity contribution in [2.24, 2.45) is 0 Å². The van der Waals surface area contributed by atoms with Crippen molar-refractivity contribution in [3.8, 4) is 5.82 Å². The molecule has 6 nitrogen and oxygen atoms in total. The third kappa shape index (κ3) is 2.23. The molecular weight excluding hydrogens is 264 g/mol. The Kier molecular flexibility index (Phi) is 3.01. The van der Waals surface area contributed by atoms with E-state index in [9.17, 15) is 0 Å². The highest BCUT2D eigenvalue weighted by molar-refractivity contribution is 5.81. The lowest BCUT2D eigenvalue weighted by Crippen LogP contribution is -2.43. The Morgan fingerprint density at radius 3 is 2.76 bits per heavy atom. The van der Waals surface area contributed by atoms with Crippen molar-refractivity contribution in [1.29, 1.82) is 0 Å². The van der Waals surface area contributed by atoms with Crippen LogP contribution in [-0.2, 0) is 0 Å². The Balaban J connectivity index is 1.79. The fraction of sp³-hybridized carbons (Fsp3) is 0.267. The van der Waals surface area contributed by atoms with E-state index in [0.717, 1.165) is 43.0 Å². The van der Waals surface area contributed by atoms with Gasteiger partial charge in [0, 0.05) is 38.1 Å². The maximum Gasteiger partial charge on any atom is 0.141 e. The topological polar surface area (TPSA) is 58.9 Å². The number of nitrogens with zero attached hydrogens (tertiary/aromatic N) is 5. The van der Waals surface area contributed by atoms with Crippen molar-refractivity contribution in [3.05, 3.63) is 43.1 Å². The van der Waals surface area contributed by atoms with Crippen molar-refractivity contribution < 1.29 is 0 Å². The largest absolute Gasteiger partial charge is 0.369 e. The number of nitrogens with one attached hydrogen (secondary N) is 1. The first kappa shape index (κ1) is 12.3. The van der Waals surface area contributed by atoms with Gasteiger partial charge in [-0.25, -0.2) is 15.0 Å². The van der Waals surface area contributed by atoms with Crippen LogP contribution in [0.1, 0.15) is 0 Å². The van der Waals surface area contributed by atoms with E-state index in [1.165, 1.54) is 5.69 Å². The minimum absolute atomic E-state index is 0.838. The molecular formula is C15H16N6. The maximum atomic E-state index is 4.45. The summed E-state index contributed by atoms with van der Waals surface area (Å²) in [5, 5.41) is 3.38. The molecule has 21 heavy (non-hydrogen) atoms. The summed E-state index contributed by atoms with van der Waals surface area (Å²) in [7, 11) is 0. The number of imidazole rings is 1. The summed E-state index contributed by atoms with van der Waals surface area (Å²) < 4.78 is 2.00. The van der Waals surface area contributed by atoms with Crippen LogP contribution in [0.4, 0.5) is 5.69 Å². The summed E-state index contributed by atoms with van der Waals surface area (Å²) in [5.74, 6) is 0.838. The zero-order valence-corrected chi connectivity index (χ0v) is 11.6. The molecule has 0 amide bonds. The number of hydrogen-bond acceptors (Lipinski definition) is 5. The number of piperazine rings is 1. The van der Waals surface area contributed by atoms with E-state index < -0.39 is 0 Å². The van der Waals surface area contributed by atoms with E-state index in [2.05, 4.69) is 43.4 Å². The van der Waals surface area contributed by atoms with E-state index in [4.69, 9.17) is 0 Å². The molecule has 3 aromatic rings. The SMILES string of the molecule is c1cc(-n2cnc3ccc(N4CCNCC4)cc32)ncn1. The second-order valence-corrected chi connectivity index (χ2v) is 5.09. The molecule has 106 valence electrons. The van der Waals surface area contributed by atoms with Gasteiger partial charge < -0.3 is 10.2 Å². The van der Waals surface area contributed by atoms with Crippen LogP contribution in [0.2, 0.25) is 0 Å². The Labute approximate surface area is 122 Å². The molecule has 0 unspecified atom stereocenters. The highest BCUT2D eigenvalue weighted by Crippen LogP contribution is 2.23. The standard InChI is InChI=1S/C15H16N6/c1-2-13-14(9-12(1)20-7-5-16-6-8-20)21(11-19-13)15-3-4-17-10-18-15/h1-4,9-11,16H,5-8H2. The number of rotatable bonds is 2. The molecule has 1 aromatic carbocycles. The van der Waals surface area contributed by atoms with Crippen molar-refractivity contribution in [2.75, 3.05) is 31.1 Å². The van der Waals surface area contributed by atoms with Crippen LogP contribution in [0.5, 0.6) is 0 Å². The van der Waals surface area contributed by atoms with Crippen molar-refractivity contribution in [2.45, 2.75) is 0 Å². The number of hydrogen-bond donors (Lipinski definition) is 1. The average Bonchev–Trinajstić information content (AvgIpc) is 2.99. The van der Waals surface area contributed by atoms with Crippen molar-refractivity contribution in [1.82, 2.24) is 24.8 Å². The first-order valence-corrected chi connectivity index (χ1v) is 7.11. The smallest absolute Gasteiger partial charge is 0.141 e. The van der Waals surface area contributed by atoms with Gasteiger partial charge in [-0.3, -0.25) is 4.57 Å². The molecule has 1 saturated heterocycles. The number of anilines is 1. The summed E-state index contributed by atoms with van der Waals surface area (Å²) in [6, 6.07) is 8.30. The van der Waals surface area contributed by atoms with E-state index in [0.29, 0.717) is 0 Å². The van der Waals surface area contributed by atoms with Gasteiger partial charge in [-0.2, -0.15) is 0 Å². The monoisotopic (exact) mass is 280 g/mol. The van der Waals surface area contributed by atoms with Crippen LogP contribution in [0.25, 0.3) is 16.9 Å². The molecule has 0 saturated carbocycles. The lowest BCUT2D eigenvalue weighted by molar-refractivity contribution is 0.589. The van der Waals surface area contributed by atoms with E-state index >= 15 is 0 Å². The van der Waals surface area contributed by atoms with Crippen LogP contribution in [0.15, 0.2) is 43.1 Å². The fourth-order valence-electron chi connectivity index (χ4n) is 2.72. The molecule has 0 radical (unpaired) electrons. The molecule has 1 fully saturated rings. The minimum Gasteiger partial charge on any atom is -0.369 e.